The molecule has 0 saturated heterocycles. The number of nitrogens with zero attached hydrogens (tertiary/aromatic N) is 1. The summed E-state index contributed by atoms with van der Waals surface area (Å²) >= 11 is 0. The number of amides is 2. The number of carbonyl (C=O) groups excluding carboxylic acids is 2. The number of hydrogen-bond donors (Lipinski definition) is 3. The Morgan fingerprint density at radius 1 is 0.963 bits per heavy atom. The van der Waals surface area contributed by atoms with Gasteiger partial charge in [0.05, 0.1) is 16.9 Å². The number of carbonyl (C=O) groups is 2. The number of pyridine rings is 1. The summed E-state index contributed by atoms with van der Waals surface area (Å²) in [5, 5.41) is 5.64. The van der Waals surface area contributed by atoms with Gasteiger partial charge in [0.15, 0.2) is 0 Å². The fraction of sp³-hybridized carbons (Fsp3) is 0.0952. The van der Waals surface area contributed by atoms with Crippen LogP contribution in [0, 0.1) is 6.92 Å². The number of rotatable bonds is 5. The van der Waals surface area contributed by atoms with Crippen molar-refractivity contribution >= 4 is 23.2 Å². The van der Waals surface area contributed by atoms with Crippen molar-refractivity contribution in [2.75, 3.05) is 11.1 Å². The zero-order valence-electron chi connectivity index (χ0n) is 14.9. The molecule has 3 rings (SSSR count). The van der Waals surface area contributed by atoms with Crippen LogP contribution >= 0.6 is 0 Å². The second-order valence-corrected chi connectivity index (χ2v) is 6.06. The Kier molecular flexibility index (Phi) is 5.47. The summed E-state index contributed by atoms with van der Waals surface area (Å²) in [5.74, 6) is -0.420. The molecule has 0 aliphatic carbocycles. The predicted octanol–water partition coefficient (Wildman–Crippen LogP) is 3.15. The third-order valence-corrected chi connectivity index (χ3v) is 4.13. The van der Waals surface area contributed by atoms with E-state index in [2.05, 4.69) is 15.6 Å². The lowest BCUT2D eigenvalue weighted by molar-refractivity contribution is 0.0948. The van der Waals surface area contributed by atoms with E-state index >= 15 is 0 Å². The van der Waals surface area contributed by atoms with Gasteiger partial charge in [-0.3, -0.25) is 14.6 Å². The molecule has 0 radical (unpaired) electrons. The summed E-state index contributed by atoms with van der Waals surface area (Å²) in [6, 6.07) is 17.6. The van der Waals surface area contributed by atoms with Gasteiger partial charge in [-0.1, -0.05) is 24.3 Å². The van der Waals surface area contributed by atoms with Gasteiger partial charge in [-0.15, -0.1) is 0 Å². The van der Waals surface area contributed by atoms with E-state index in [1.54, 1.807) is 67.7 Å². The maximum atomic E-state index is 12.3. The van der Waals surface area contributed by atoms with Crippen molar-refractivity contribution in [1.82, 2.24) is 10.3 Å². The second kappa shape index (κ2) is 8.14. The number of nitrogens with two attached hydrogens (primary N) is 1. The topological polar surface area (TPSA) is 97.1 Å². The van der Waals surface area contributed by atoms with Crippen molar-refractivity contribution in [3.8, 4) is 0 Å². The zero-order valence-corrected chi connectivity index (χ0v) is 14.9. The predicted molar refractivity (Wildman–Crippen MR) is 105 cm³/mol. The number of hydrogen-bond acceptors (Lipinski definition) is 4. The number of anilines is 2. The van der Waals surface area contributed by atoms with Crippen LogP contribution in [0.2, 0.25) is 0 Å². The van der Waals surface area contributed by atoms with Crippen LogP contribution in [-0.4, -0.2) is 16.8 Å². The first kappa shape index (κ1) is 18.1. The van der Waals surface area contributed by atoms with Crippen LogP contribution in [0.5, 0.6) is 0 Å². The van der Waals surface area contributed by atoms with E-state index in [4.69, 9.17) is 5.73 Å². The second-order valence-electron chi connectivity index (χ2n) is 6.06. The van der Waals surface area contributed by atoms with Crippen molar-refractivity contribution in [1.29, 1.82) is 0 Å². The fourth-order valence-corrected chi connectivity index (χ4v) is 2.58. The molecule has 0 saturated carbocycles. The van der Waals surface area contributed by atoms with E-state index in [9.17, 15) is 9.59 Å². The Hall–Kier alpha value is -3.67. The molecule has 6 nitrogen and oxygen atoms in total. The molecule has 1 aromatic heterocycles. The summed E-state index contributed by atoms with van der Waals surface area (Å²) in [4.78, 5) is 28.7. The molecular formula is C21H20N4O2. The first-order valence-electron chi connectivity index (χ1n) is 8.49. The van der Waals surface area contributed by atoms with Crippen LogP contribution in [-0.2, 0) is 6.54 Å². The van der Waals surface area contributed by atoms with Crippen LogP contribution in [0.1, 0.15) is 32.0 Å². The Bertz CT molecular complexity index is 968. The highest BCUT2D eigenvalue weighted by Gasteiger charge is 2.10. The molecule has 0 spiro atoms. The van der Waals surface area contributed by atoms with E-state index in [0.29, 0.717) is 34.7 Å². The highest BCUT2D eigenvalue weighted by molar-refractivity contribution is 6.05. The van der Waals surface area contributed by atoms with E-state index in [1.165, 1.54) is 0 Å². The summed E-state index contributed by atoms with van der Waals surface area (Å²) in [5.41, 5.74) is 9.56. The molecule has 1 heterocycles. The Labute approximate surface area is 157 Å². The third kappa shape index (κ3) is 4.49. The number of benzene rings is 2. The molecule has 0 unspecified atom stereocenters. The number of nitrogen functional groups attached to an aromatic ring is 1. The number of aryl methyl sites for hydroxylation is 1. The van der Waals surface area contributed by atoms with E-state index < -0.39 is 0 Å². The van der Waals surface area contributed by atoms with Crippen LogP contribution in [0.4, 0.5) is 11.4 Å². The number of para-hydroxylation sites is 2. The summed E-state index contributed by atoms with van der Waals surface area (Å²) in [7, 11) is 0. The SMILES string of the molecule is Cc1ncccc1C(=O)NCc1ccc(C(=O)Nc2ccccc2N)cc1. The monoisotopic (exact) mass is 360 g/mol. The van der Waals surface area contributed by atoms with Crippen molar-refractivity contribution in [3.05, 3.63) is 89.2 Å². The minimum atomic E-state index is -0.241. The lowest BCUT2D eigenvalue weighted by atomic mass is 10.1. The van der Waals surface area contributed by atoms with E-state index in [0.717, 1.165) is 5.56 Å². The van der Waals surface area contributed by atoms with Gasteiger partial charge in [0.1, 0.15) is 0 Å². The number of aromatic nitrogens is 1. The van der Waals surface area contributed by atoms with Crippen LogP contribution in [0.15, 0.2) is 66.9 Å². The van der Waals surface area contributed by atoms with Gasteiger partial charge in [-0.05, 0) is 48.9 Å². The first-order chi connectivity index (χ1) is 13.0. The molecule has 136 valence electrons. The van der Waals surface area contributed by atoms with E-state index in [-0.39, 0.29) is 11.8 Å². The van der Waals surface area contributed by atoms with E-state index in [1.807, 2.05) is 6.07 Å². The zero-order chi connectivity index (χ0) is 19.2. The molecule has 2 aromatic carbocycles. The third-order valence-electron chi connectivity index (χ3n) is 4.13. The minimum Gasteiger partial charge on any atom is -0.397 e. The van der Waals surface area contributed by atoms with Gasteiger partial charge in [0, 0.05) is 24.0 Å². The maximum absolute atomic E-state index is 12.3. The molecule has 27 heavy (non-hydrogen) atoms. The summed E-state index contributed by atoms with van der Waals surface area (Å²) in [6.07, 6.45) is 1.65. The molecule has 0 aliphatic rings. The largest absolute Gasteiger partial charge is 0.397 e. The summed E-state index contributed by atoms with van der Waals surface area (Å²) in [6.45, 7) is 2.16. The Morgan fingerprint density at radius 3 is 2.41 bits per heavy atom. The molecule has 4 N–H and O–H groups in total. The van der Waals surface area contributed by atoms with Gasteiger partial charge in [-0.25, -0.2) is 0 Å². The highest BCUT2D eigenvalue weighted by atomic mass is 16.2. The van der Waals surface area contributed by atoms with Gasteiger partial charge in [0.2, 0.25) is 0 Å². The van der Waals surface area contributed by atoms with Crippen LogP contribution < -0.4 is 16.4 Å². The standard InChI is InChI=1S/C21H20N4O2/c1-14-17(5-4-12-23-14)21(27)24-13-15-8-10-16(11-9-15)20(26)25-19-7-3-2-6-18(19)22/h2-12H,13,22H2,1H3,(H,24,27)(H,25,26). The first-order valence-corrected chi connectivity index (χ1v) is 8.49. The summed E-state index contributed by atoms with van der Waals surface area (Å²) < 4.78 is 0. The smallest absolute Gasteiger partial charge is 0.255 e. The molecular weight excluding hydrogens is 340 g/mol. The van der Waals surface area contributed by atoms with Gasteiger partial charge in [0.25, 0.3) is 11.8 Å². The number of nitrogens with one attached hydrogen (secondary N) is 2. The highest BCUT2D eigenvalue weighted by Crippen LogP contribution is 2.18. The van der Waals surface area contributed by atoms with Crippen molar-refractivity contribution in [2.45, 2.75) is 13.5 Å². The van der Waals surface area contributed by atoms with Crippen molar-refractivity contribution < 1.29 is 9.59 Å². The van der Waals surface area contributed by atoms with Gasteiger partial charge >= 0.3 is 0 Å². The molecule has 2 amide bonds. The molecule has 0 bridgehead atoms. The lowest BCUT2D eigenvalue weighted by Crippen LogP contribution is -2.24. The Balaban J connectivity index is 1.60. The minimum absolute atomic E-state index is 0.179. The van der Waals surface area contributed by atoms with Gasteiger partial charge in [-0.2, -0.15) is 0 Å². The normalized spacial score (nSPS) is 10.3. The molecule has 0 fully saturated rings. The fourth-order valence-electron chi connectivity index (χ4n) is 2.58. The van der Waals surface area contributed by atoms with Crippen molar-refractivity contribution in [2.24, 2.45) is 0 Å². The molecule has 6 heteroatoms. The average molecular weight is 360 g/mol. The Morgan fingerprint density at radius 2 is 1.70 bits per heavy atom. The van der Waals surface area contributed by atoms with Crippen LogP contribution in [0.3, 0.4) is 0 Å². The molecule has 0 aliphatic heterocycles. The van der Waals surface area contributed by atoms with Crippen LogP contribution in [0.25, 0.3) is 0 Å². The molecule has 0 atom stereocenters. The lowest BCUT2D eigenvalue weighted by Gasteiger charge is -2.09. The average Bonchev–Trinajstić information content (AvgIpc) is 2.68. The van der Waals surface area contributed by atoms with Crippen molar-refractivity contribution in [3.63, 3.8) is 0 Å². The van der Waals surface area contributed by atoms with Gasteiger partial charge < -0.3 is 16.4 Å². The quantitative estimate of drug-likeness (QED) is 0.609. The molecule has 3 aromatic rings. The maximum Gasteiger partial charge on any atom is 0.255 e.